The summed E-state index contributed by atoms with van der Waals surface area (Å²) in [6.45, 7) is 3.50. The standard InChI is InChI=1S/C31H30FN7O4/c32-24-16-22(39(29(41)17-27(33)40)30(31(34)42)20-4-2-1-3-5-20)7-8-26(24)43-25-10-11-36-19-23(25)21-6-9-28(37-18-21)38-14-12-35-13-15-38/h1-11,16,18-19,30,35H,12-15,17H2,(H2,33,40)(H2,34,42)/t30-/m1/s1. The van der Waals surface area contributed by atoms with Gasteiger partial charge in [-0.1, -0.05) is 30.3 Å². The predicted molar refractivity (Wildman–Crippen MR) is 159 cm³/mol. The lowest BCUT2D eigenvalue weighted by Crippen LogP contribution is -2.43. The Morgan fingerprint density at radius 1 is 0.977 bits per heavy atom. The molecule has 43 heavy (non-hydrogen) atoms. The van der Waals surface area contributed by atoms with Crippen molar-refractivity contribution >= 4 is 29.2 Å². The first-order valence-electron chi connectivity index (χ1n) is 13.6. The van der Waals surface area contributed by atoms with Crippen LogP contribution in [-0.4, -0.2) is 53.9 Å². The molecule has 1 atom stereocenters. The van der Waals surface area contributed by atoms with Crippen molar-refractivity contribution < 1.29 is 23.5 Å². The van der Waals surface area contributed by atoms with Gasteiger partial charge in [-0.3, -0.25) is 24.3 Å². The third kappa shape index (κ3) is 6.76. The van der Waals surface area contributed by atoms with Crippen molar-refractivity contribution in [2.45, 2.75) is 12.5 Å². The van der Waals surface area contributed by atoms with E-state index >= 15 is 4.39 Å². The zero-order valence-electron chi connectivity index (χ0n) is 23.2. The van der Waals surface area contributed by atoms with Crippen LogP contribution in [0.5, 0.6) is 11.5 Å². The second kappa shape index (κ2) is 13.1. The second-order valence-corrected chi connectivity index (χ2v) is 9.85. The van der Waals surface area contributed by atoms with Gasteiger partial charge in [0.2, 0.25) is 17.7 Å². The number of carbonyl (C=O) groups excluding carboxylic acids is 3. The van der Waals surface area contributed by atoms with Crippen molar-refractivity contribution in [1.29, 1.82) is 0 Å². The Bertz CT molecular complexity index is 1610. The number of halogens is 1. The number of primary amides is 2. The second-order valence-electron chi connectivity index (χ2n) is 9.85. The molecule has 0 spiro atoms. The maximum Gasteiger partial charge on any atom is 0.245 e. The molecule has 3 amide bonds. The summed E-state index contributed by atoms with van der Waals surface area (Å²) in [6.07, 6.45) is 4.13. The summed E-state index contributed by atoms with van der Waals surface area (Å²) in [7, 11) is 0. The number of nitrogens with two attached hydrogens (primary N) is 2. The molecule has 3 heterocycles. The summed E-state index contributed by atoms with van der Waals surface area (Å²) in [5.41, 5.74) is 12.6. The number of aromatic nitrogens is 2. The van der Waals surface area contributed by atoms with Crippen LogP contribution in [0.2, 0.25) is 0 Å². The van der Waals surface area contributed by atoms with Gasteiger partial charge in [0, 0.05) is 67.7 Å². The highest BCUT2D eigenvalue weighted by atomic mass is 19.1. The van der Waals surface area contributed by atoms with Gasteiger partial charge in [0.25, 0.3) is 0 Å². The van der Waals surface area contributed by atoms with Crippen molar-refractivity contribution in [2.75, 3.05) is 36.0 Å². The van der Waals surface area contributed by atoms with E-state index in [0.29, 0.717) is 16.9 Å². The van der Waals surface area contributed by atoms with Gasteiger partial charge in [-0.15, -0.1) is 0 Å². The lowest BCUT2D eigenvalue weighted by molar-refractivity contribution is -0.128. The maximum absolute atomic E-state index is 15.6. The van der Waals surface area contributed by atoms with E-state index in [1.165, 1.54) is 18.3 Å². The van der Waals surface area contributed by atoms with E-state index in [1.807, 2.05) is 12.1 Å². The Kier molecular flexibility index (Phi) is 8.87. The van der Waals surface area contributed by atoms with Crippen LogP contribution in [-0.2, 0) is 14.4 Å². The quantitative estimate of drug-likeness (QED) is 0.241. The normalized spacial score (nSPS) is 13.7. The molecule has 0 radical (unpaired) electrons. The average molecular weight is 584 g/mol. The molecule has 0 aliphatic carbocycles. The molecular weight excluding hydrogens is 553 g/mol. The third-order valence-electron chi connectivity index (χ3n) is 6.93. The first kappa shape index (κ1) is 29.1. The van der Waals surface area contributed by atoms with E-state index < -0.39 is 36.0 Å². The Morgan fingerprint density at radius 3 is 2.40 bits per heavy atom. The zero-order valence-corrected chi connectivity index (χ0v) is 23.2. The van der Waals surface area contributed by atoms with Crippen LogP contribution in [0.15, 0.2) is 85.3 Å². The number of piperazine rings is 1. The smallest absolute Gasteiger partial charge is 0.245 e. The molecule has 1 saturated heterocycles. The number of pyridine rings is 2. The molecule has 0 bridgehead atoms. The summed E-state index contributed by atoms with van der Waals surface area (Å²) in [4.78, 5) is 49.2. The lowest BCUT2D eigenvalue weighted by Gasteiger charge is -2.30. The fourth-order valence-corrected chi connectivity index (χ4v) is 4.90. The van der Waals surface area contributed by atoms with Crippen molar-refractivity contribution in [3.8, 4) is 22.6 Å². The Hall–Kier alpha value is -5.36. The predicted octanol–water partition coefficient (Wildman–Crippen LogP) is 2.92. The summed E-state index contributed by atoms with van der Waals surface area (Å²) in [6, 6.07) is 16.2. The van der Waals surface area contributed by atoms with Gasteiger partial charge in [-0.2, -0.15) is 0 Å². The molecule has 220 valence electrons. The number of rotatable bonds is 10. The van der Waals surface area contributed by atoms with Crippen LogP contribution in [0.4, 0.5) is 15.9 Å². The van der Waals surface area contributed by atoms with Gasteiger partial charge in [-0.25, -0.2) is 9.37 Å². The molecule has 11 nitrogen and oxygen atoms in total. The molecule has 1 aliphatic rings. The largest absolute Gasteiger partial charge is 0.454 e. The molecule has 12 heteroatoms. The van der Waals surface area contributed by atoms with Gasteiger partial charge in [-0.05, 0) is 35.9 Å². The van der Waals surface area contributed by atoms with Crippen molar-refractivity contribution in [1.82, 2.24) is 15.3 Å². The molecule has 5 rings (SSSR count). The van der Waals surface area contributed by atoms with Gasteiger partial charge in [0.05, 0.1) is 0 Å². The molecule has 0 unspecified atom stereocenters. The monoisotopic (exact) mass is 583 g/mol. The Labute approximate surface area is 247 Å². The van der Waals surface area contributed by atoms with Crippen molar-refractivity contribution in [3.63, 3.8) is 0 Å². The number of ether oxygens (including phenoxy) is 1. The topological polar surface area (TPSA) is 157 Å². The zero-order chi connectivity index (χ0) is 30.3. The molecule has 2 aromatic heterocycles. The molecule has 2 aromatic carbocycles. The van der Waals surface area contributed by atoms with Gasteiger partial charge in [0.15, 0.2) is 11.6 Å². The number of benzene rings is 2. The van der Waals surface area contributed by atoms with Gasteiger partial charge < -0.3 is 26.4 Å². The molecule has 1 aliphatic heterocycles. The highest BCUT2D eigenvalue weighted by Gasteiger charge is 2.32. The Balaban J connectivity index is 1.44. The number of nitrogens with one attached hydrogen (secondary N) is 1. The van der Waals surface area contributed by atoms with Crippen LogP contribution in [0.1, 0.15) is 18.0 Å². The SMILES string of the molecule is NC(=O)CC(=O)N(c1ccc(Oc2ccncc2-c2ccc(N3CCNCC3)nc2)c(F)c1)[C@@H](C(N)=O)c1ccccc1. The van der Waals surface area contributed by atoms with Crippen LogP contribution in [0.3, 0.4) is 0 Å². The van der Waals surface area contributed by atoms with E-state index in [0.717, 1.165) is 48.5 Å². The first-order valence-corrected chi connectivity index (χ1v) is 13.6. The summed E-state index contributed by atoms with van der Waals surface area (Å²) < 4.78 is 21.5. The van der Waals surface area contributed by atoms with E-state index in [9.17, 15) is 14.4 Å². The van der Waals surface area contributed by atoms with E-state index in [2.05, 4.69) is 20.2 Å². The van der Waals surface area contributed by atoms with E-state index in [1.54, 1.807) is 48.8 Å². The van der Waals surface area contributed by atoms with Crippen molar-refractivity contribution in [2.24, 2.45) is 11.5 Å². The van der Waals surface area contributed by atoms with E-state index in [-0.39, 0.29) is 11.4 Å². The molecule has 0 saturated carbocycles. The number of carbonyl (C=O) groups is 3. The summed E-state index contributed by atoms with van der Waals surface area (Å²) in [5, 5.41) is 3.31. The van der Waals surface area contributed by atoms with Gasteiger partial charge >= 0.3 is 0 Å². The highest BCUT2D eigenvalue weighted by molar-refractivity contribution is 6.08. The van der Waals surface area contributed by atoms with Crippen molar-refractivity contribution in [3.05, 3.63) is 96.7 Å². The van der Waals surface area contributed by atoms with Crippen LogP contribution in [0, 0.1) is 5.82 Å². The molecule has 1 fully saturated rings. The summed E-state index contributed by atoms with van der Waals surface area (Å²) >= 11 is 0. The minimum atomic E-state index is -1.32. The first-order chi connectivity index (χ1) is 20.8. The maximum atomic E-state index is 15.6. The Morgan fingerprint density at radius 2 is 1.74 bits per heavy atom. The minimum absolute atomic E-state index is 0.00796. The van der Waals surface area contributed by atoms with Crippen LogP contribution < -0.4 is 31.3 Å². The highest BCUT2D eigenvalue weighted by Crippen LogP contribution is 2.36. The number of amides is 3. The van der Waals surface area contributed by atoms with E-state index in [4.69, 9.17) is 16.2 Å². The molecular formula is C31H30FN7O4. The average Bonchev–Trinajstić information content (AvgIpc) is 3.01. The number of anilines is 2. The minimum Gasteiger partial charge on any atom is -0.454 e. The fourth-order valence-electron chi connectivity index (χ4n) is 4.90. The third-order valence-corrected chi connectivity index (χ3v) is 6.93. The fraction of sp³-hybridized carbons (Fsp3) is 0.194. The number of hydrogen-bond acceptors (Lipinski definition) is 8. The van der Waals surface area contributed by atoms with Crippen LogP contribution in [0.25, 0.3) is 11.1 Å². The molecule has 5 N–H and O–H groups in total. The number of nitrogens with zero attached hydrogens (tertiary/aromatic N) is 4. The lowest BCUT2D eigenvalue weighted by atomic mass is 10.0. The molecule has 4 aromatic rings. The number of hydrogen-bond donors (Lipinski definition) is 3. The van der Waals surface area contributed by atoms with Gasteiger partial charge in [0.1, 0.15) is 24.0 Å². The summed E-state index contributed by atoms with van der Waals surface area (Å²) in [5.74, 6) is -2.37. The van der Waals surface area contributed by atoms with Crippen LogP contribution >= 0.6 is 0 Å².